The number of anilines is 1. The predicted molar refractivity (Wildman–Crippen MR) is 109 cm³/mol. The van der Waals surface area contributed by atoms with Gasteiger partial charge in [0, 0.05) is 24.2 Å². The van der Waals surface area contributed by atoms with E-state index in [1.165, 1.54) is 17.0 Å². The summed E-state index contributed by atoms with van der Waals surface area (Å²) >= 11 is 6.47. The van der Waals surface area contributed by atoms with Gasteiger partial charge in [0.15, 0.2) is 0 Å². The lowest BCUT2D eigenvalue weighted by Crippen LogP contribution is -2.34. The van der Waals surface area contributed by atoms with Gasteiger partial charge in [-0.2, -0.15) is 18.2 Å². The predicted octanol–water partition coefficient (Wildman–Crippen LogP) is 4.11. The molecule has 30 heavy (non-hydrogen) atoms. The number of nitrogens with zero attached hydrogens (tertiary/aromatic N) is 5. The molecule has 0 saturated heterocycles. The Bertz CT molecular complexity index is 1140. The van der Waals surface area contributed by atoms with Gasteiger partial charge in [-0.25, -0.2) is 9.78 Å². The lowest BCUT2D eigenvalue weighted by atomic mass is 10.0. The largest absolute Gasteiger partial charge is 0.425 e. The van der Waals surface area contributed by atoms with Crippen LogP contribution in [0, 0.1) is 0 Å². The Balaban J connectivity index is 1.45. The number of halogens is 4. The van der Waals surface area contributed by atoms with Crippen molar-refractivity contribution in [2.24, 2.45) is 0 Å². The fourth-order valence-electron chi connectivity index (χ4n) is 3.04. The molecule has 156 valence electrons. The van der Waals surface area contributed by atoms with Crippen molar-refractivity contribution in [1.29, 1.82) is 0 Å². The van der Waals surface area contributed by atoms with Gasteiger partial charge in [0.1, 0.15) is 11.2 Å². The normalized spacial score (nSPS) is 14.7. The Morgan fingerprint density at radius 3 is 2.60 bits per heavy atom. The van der Waals surface area contributed by atoms with Crippen molar-refractivity contribution in [3.05, 3.63) is 73.8 Å². The third kappa shape index (κ3) is 4.54. The van der Waals surface area contributed by atoms with E-state index in [0.717, 1.165) is 17.3 Å². The first-order valence-corrected chi connectivity index (χ1v) is 10.1. The topological polar surface area (TPSA) is 63.9 Å². The summed E-state index contributed by atoms with van der Waals surface area (Å²) in [5, 5.41) is 0.572. The third-order valence-corrected chi connectivity index (χ3v) is 5.91. The smallest absolute Gasteiger partial charge is 0.337 e. The lowest BCUT2D eigenvalue weighted by Gasteiger charge is -2.26. The standard InChI is InChI=1S/C19H15ClF3N5OS/c20-13-1-3-15(24-9-13)12-5-7-27(8-6-12)17-25-11-28(18(29)26-17)10-14-2-4-16(30-14)19(21,22)23/h1-5,9,11H,6-8,10H2. The zero-order chi connectivity index (χ0) is 21.3. The van der Waals surface area contributed by atoms with Gasteiger partial charge in [0.2, 0.25) is 5.95 Å². The SMILES string of the molecule is O=c1nc(N2CC=C(c3ccc(Cl)cn3)CC2)ncn1Cc1ccc(C(F)(F)F)s1. The van der Waals surface area contributed by atoms with Crippen LogP contribution in [0.5, 0.6) is 0 Å². The van der Waals surface area contributed by atoms with Crippen molar-refractivity contribution in [1.82, 2.24) is 19.5 Å². The molecule has 6 nitrogen and oxygen atoms in total. The average Bonchev–Trinajstić information content (AvgIpc) is 3.20. The van der Waals surface area contributed by atoms with Gasteiger partial charge in [0.05, 0.1) is 17.3 Å². The number of hydrogen-bond acceptors (Lipinski definition) is 6. The molecule has 11 heteroatoms. The van der Waals surface area contributed by atoms with Crippen molar-refractivity contribution in [3.8, 4) is 0 Å². The molecule has 0 N–H and O–H groups in total. The molecule has 4 rings (SSSR count). The summed E-state index contributed by atoms with van der Waals surface area (Å²) in [5.41, 5.74) is 1.37. The van der Waals surface area contributed by atoms with E-state index in [2.05, 4.69) is 15.0 Å². The molecule has 0 bridgehead atoms. The molecule has 0 saturated carbocycles. The van der Waals surface area contributed by atoms with Gasteiger partial charge in [-0.15, -0.1) is 11.3 Å². The second-order valence-corrected chi connectivity index (χ2v) is 8.22. The molecule has 1 aliphatic heterocycles. The highest BCUT2D eigenvalue weighted by molar-refractivity contribution is 7.12. The van der Waals surface area contributed by atoms with Crippen LogP contribution >= 0.6 is 22.9 Å². The molecule has 1 aliphatic rings. The number of pyridine rings is 1. The molecular weight excluding hydrogens is 439 g/mol. The van der Waals surface area contributed by atoms with Crippen molar-refractivity contribution in [3.63, 3.8) is 0 Å². The number of hydrogen-bond donors (Lipinski definition) is 0. The van der Waals surface area contributed by atoms with Gasteiger partial charge < -0.3 is 4.90 Å². The number of alkyl halides is 3. The minimum Gasteiger partial charge on any atom is -0.337 e. The van der Waals surface area contributed by atoms with Crippen LogP contribution in [0.15, 0.2) is 47.7 Å². The van der Waals surface area contributed by atoms with Crippen molar-refractivity contribution < 1.29 is 13.2 Å². The van der Waals surface area contributed by atoms with E-state index in [1.54, 1.807) is 12.3 Å². The van der Waals surface area contributed by atoms with Crippen LogP contribution in [-0.4, -0.2) is 32.6 Å². The molecule has 0 aromatic carbocycles. The summed E-state index contributed by atoms with van der Waals surface area (Å²) in [7, 11) is 0. The second-order valence-electron chi connectivity index (χ2n) is 6.62. The summed E-state index contributed by atoms with van der Waals surface area (Å²) in [6.07, 6.45) is 1.22. The number of rotatable bonds is 4. The Labute approximate surface area is 178 Å². The van der Waals surface area contributed by atoms with Gasteiger partial charge in [0.25, 0.3) is 0 Å². The van der Waals surface area contributed by atoms with Crippen molar-refractivity contribution in [2.75, 3.05) is 18.0 Å². The fraction of sp³-hybridized carbons (Fsp3) is 0.263. The zero-order valence-electron chi connectivity index (χ0n) is 15.4. The maximum atomic E-state index is 12.7. The van der Waals surface area contributed by atoms with Crippen LogP contribution in [0.2, 0.25) is 5.02 Å². The third-order valence-electron chi connectivity index (χ3n) is 4.57. The van der Waals surface area contributed by atoms with Crippen LogP contribution in [0.25, 0.3) is 5.57 Å². The molecule has 3 aromatic heterocycles. The molecule has 3 aromatic rings. The van der Waals surface area contributed by atoms with Gasteiger partial charge in [-0.1, -0.05) is 17.7 Å². The Morgan fingerprint density at radius 1 is 1.17 bits per heavy atom. The van der Waals surface area contributed by atoms with Crippen LogP contribution < -0.4 is 10.6 Å². The first kappa shape index (κ1) is 20.5. The van der Waals surface area contributed by atoms with Crippen LogP contribution in [0.3, 0.4) is 0 Å². The molecule has 0 spiro atoms. The molecule has 0 radical (unpaired) electrons. The summed E-state index contributed by atoms with van der Waals surface area (Å²) in [5.74, 6) is 0.290. The highest BCUT2D eigenvalue weighted by Gasteiger charge is 2.32. The molecule has 0 unspecified atom stereocenters. The maximum Gasteiger partial charge on any atom is 0.425 e. The molecule has 0 amide bonds. The molecule has 0 atom stereocenters. The first-order valence-electron chi connectivity index (χ1n) is 8.95. The van der Waals surface area contributed by atoms with Crippen molar-refractivity contribution in [2.45, 2.75) is 19.1 Å². The van der Waals surface area contributed by atoms with E-state index >= 15 is 0 Å². The average molecular weight is 454 g/mol. The van der Waals surface area contributed by atoms with Crippen LogP contribution in [0.4, 0.5) is 19.1 Å². The van der Waals surface area contributed by atoms with Crippen LogP contribution in [-0.2, 0) is 12.7 Å². The van der Waals surface area contributed by atoms with Crippen molar-refractivity contribution >= 4 is 34.5 Å². The molecule has 0 aliphatic carbocycles. The summed E-state index contributed by atoms with van der Waals surface area (Å²) in [6.45, 7) is 1.12. The highest BCUT2D eigenvalue weighted by Crippen LogP contribution is 2.34. The first-order chi connectivity index (χ1) is 14.3. The lowest BCUT2D eigenvalue weighted by molar-refractivity contribution is -0.134. The Kier molecular flexibility index (Phi) is 5.61. The van der Waals surface area contributed by atoms with Crippen LogP contribution in [0.1, 0.15) is 21.9 Å². The zero-order valence-corrected chi connectivity index (χ0v) is 17.0. The van der Waals surface area contributed by atoms with Gasteiger partial charge in [-0.05, 0) is 36.3 Å². The molecule has 0 fully saturated rings. The molecular formula is C19H15ClF3N5OS. The van der Waals surface area contributed by atoms with E-state index in [-0.39, 0.29) is 12.5 Å². The quantitative estimate of drug-likeness (QED) is 0.595. The van der Waals surface area contributed by atoms with E-state index < -0.39 is 16.7 Å². The maximum absolute atomic E-state index is 12.7. The minimum atomic E-state index is -4.39. The minimum absolute atomic E-state index is 0.00779. The monoisotopic (exact) mass is 453 g/mol. The summed E-state index contributed by atoms with van der Waals surface area (Å²) in [6, 6.07) is 6.00. The Hall–Kier alpha value is -2.72. The van der Waals surface area contributed by atoms with Gasteiger partial charge >= 0.3 is 11.9 Å². The second kappa shape index (κ2) is 8.19. The molecule has 4 heterocycles. The number of aromatic nitrogens is 4. The van der Waals surface area contributed by atoms with Gasteiger partial charge in [-0.3, -0.25) is 9.55 Å². The summed E-state index contributed by atoms with van der Waals surface area (Å²) in [4.78, 5) is 26.4. The van der Waals surface area contributed by atoms with E-state index in [4.69, 9.17) is 11.6 Å². The fourth-order valence-corrected chi connectivity index (χ4v) is 4.03. The van der Waals surface area contributed by atoms with E-state index in [0.29, 0.717) is 40.7 Å². The summed E-state index contributed by atoms with van der Waals surface area (Å²) < 4.78 is 39.4. The highest BCUT2D eigenvalue weighted by atomic mass is 35.5. The van der Waals surface area contributed by atoms with E-state index in [9.17, 15) is 18.0 Å². The van der Waals surface area contributed by atoms with E-state index in [1.807, 2.05) is 17.0 Å². The Morgan fingerprint density at radius 2 is 2.00 bits per heavy atom. The number of thiophene rings is 1.